The van der Waals surface area contributed by atoms with E-state index in [4.69, 9.17) is 17.3 Å². The average Bonchev–Trinajstić information content (AvgIpc) is 2.74. The molecule has 0 fully saturated rings. The molecule has 4 N–H and O–H groups in total. The first-order valence-electron chi connectivity index (χ1n) is 9.06. The molecule has 3 aromatic rings. The quantitative estimate of drug-likeness (QED) is 0.542. The van der Waals surface area contributed by atoms with Crippen LogP contribution in [0.3, 0.4) is 0 Å². The first kappa shape index (κ1) is 20.5. The van der Waals surface area contributed by atoms with Crippen LogP contribution in [0.25, 0.3) is 0 Å². The van der Waals surface area contributed by atoms with Gasteiger partial charge in [0, 0.05) is 30.5 Å². The van der Waals surface area contributed by atoms with Crippen molar-refractivity contribution in [1.82, 2.24) is 10.3 Å². The van der Waals surface area contributed by atoms with Gasteiger partial charge in [0.1, 0.15) is 5.15 Å². The maximum atomic E-state index is 12.5. The summed E-state index contributed by atoms with van der Waals surface area (Å²) in [6, 6.07) is 16.1. The van der Waals surface area contributed by atoms with Crippen molar-refractivity contribution in [3.8, 4) is 0 Å². The highest BCUT2D eigenvalue weighted by Gasteiger charge is 2.12. The normalized spacial score (nSPS) is 10.4. The molecule has 1 aromatic heterocycles. The summed E-state index contributed by atoms with van der Waals surface area (Å²) in [7, 11) is 0. The topological polar surface area (TPSA) is 97.1 Å². The Hall–Kier alpha value is -3.22. The van der Waals surface area contributed by atoms with Gasteiger partial charge in [0.2, 0.25) is 0 Å². The van der Waals surface area contributed by atoms with E-state index in [-0.39, 0.29) is 11.8 Å². The second-order valence-corrected chi connectivity index (χ2v) is 6.94. The number of hydrogen-bond donors (Lipinski definition) is 3. The molecule has 0 saturated heterocycles. The van der Waals surface area contributed by atoms with Gasteiger partial charge in [-0.25, -0.2) is 4.98 Å². The number of amides is 2. The summed E-state index contributed by atoms with van der Waals surface area (Å²) >= 11 is 5.75. The Kier molecular flexibility index (Phi) is 6.59. The minimum atomic E-state index is -0.324. The molecule has 0 saturated carbocycles. The van der Waals surface area contributed by atoms with Gasteiger partial charge in [0.25, 0.3) is 11.8 Å². The lowest BCUT2D eigenvalue weighted by Crippen LogP contribution is -2.23. The molecule has 1 heterocycles. The summed E-state index contributed by atoms with van der Waals surface area (Å²) in [6.45, 7) is 2.74. The van der Waals surface area contributed by atoms with Crippen molar-refractivity contribution in [2.45, 2.75) is 20.0 Å². The number of pyridine rings is 1. The molecule has 6 nitrogen and oxygen atoms in total. The van der Waals surface area contributed by atoms with Crippen LogP contribution in [-0.2, 0) is 13.1 Å². The van der Waals surface area contributed by atoms with E-state index < -0.39 is 0 Å². The number of nitrogens with zero attached hydrogens (tertiary/aromatic N) is 1. The highest BCUT2D eigenvalue weighted by molar-refractivity contribution is 6.29. The molecule has 148 valence electrons. The third-order valence-corrected chi connectivity index (χ3v) is 4.67. The van der Waals surface area contributed by atoms with E-state index in [9.17, 15) is 9.59 Å². The maximum Gasteiger partial charge on any atom is 0.257 e. The standard InChI is InChI=1S/C22H21ClN4O2/c1-14-2-7-17(21(28)26-12-16-5-3-15(11-24)4-6-16)10-19(14)27-22(29)18-8-9-20(23)25-13-18/h2-10,13H,11-12,24H2,1H3,(H,26,28)(H,27,29). The van der Waals surface area contributed by atoms with Gasteiger partial charge < -0.3 is 16.4 Å². The predicted octanol–water partition coefficient (Wildman–Crippen LogP) is 3.68. The third kappa shape index (κ3) is 5.40. The number of benzene rings is 2. The van der Waals surface area contributed by atoms with Gasteiger partial charge in [0.05, 0.1) is 5.56 Å². The van der Waals surface area contributed by atoms with E-state index >= 15 is 0 Å². The zero-order valence-electron chi connectivity index (χ0n) is 15.9. The molecular weight excluding hydrogens is 388 g/mol. The number of carbonyl (C=O) groups is 2. The van der Waals surface area contributed by atoms with Crippen LogP contribution in [-0.4, -0.2) is 16.8 Å². The number of aromatic nitrogens is 1. The summed E-state index contributed by atoms with van der Waals surface area (Å²) in [5.74, 6) is -0.550. The van der Waals surface area contributed by atoms with Gasteiger partial charge in [-0.2, -0.15) is 0 Å². The summed E-state index contributed by atoms with van der Waals surface area (Å²) < 4.78 is 0. The fourth-order valence-corrected chi connectivity index (χ4v) is 2.79. The molecule has 0 radical (unpaired) electrons. The molecule has 29 heavy (non-hydrogen) atoms. The first-order chi connectivity index (χ1) is 14.0. The molecule has 2 amide bonds. The van der Waals surface area contributed by atoms with Crippen LogP contribution >= 0.6 is 11.6 Å². The van der Waals surface area contributed by atoms with Crippen LogP contribution in [0.15, 0.2) is 60.8 Å². The molecule has 0 bridgehead atoms. The number of nitrogens with one attached hydrogen (secondary N) is 2. The number of carbonyl (C=O) groups excluding carboxylic acids is 2. The van der Waals surface area contributed by atoms with Crippen LogP contribution < -0.4 is 16.4 Å². The number of halogens is 1. The van der Waals surface area contributed by atoms with E-state index in [1.165, 1.54) is 6.20 Å². The lowest BCUT2D eigenvalue weighted by molar-refractivity contribution is 0.0949. The minimum Gasteiger partial charge on any atom is -0.348 e. The van der Waals surface area contributed by atoms with Gasteiger partial charge in [-0.15, -0.1) is 0 Å². The van der Waals surface area contributed by atoms with Crippen molar-refractivity contribution < 1.29 is 9.59 Å². The zero-order valence-corrected chi connectivity index (χ0v) is 16.7. The molecule has 0 aliphatic carbocycles. The second-order valence-electron chi connectivity index (χ2n) is 6.56. The summed E-state index contributed by atoms with van der Waals surface area (Å²) in [6.07, 6.45) is 1.40. The van der Waals surface area contributed by atoms with Gasteiger partial charge in [-0.05, 0) is 47.9 Å². The smallest absolute Gasteiger partial charge is 0.257 e. The zero-order chi connectivity index (χ0) is 20.8. The SMILES string of the molecule is Cc1ccc(C(=O)NCc2ccc(CN)cc2)cc1NC(=O)c1ccc(Cl)nc1. The van der Waals surface area contributed by atoms with Gasteiger partial charge in [0.15, 0.2) is 0 Å². The monoisotopic (exact) mass is 408 g/mol. The third-order valence-electron chi connectivity index (χ3n) is 4.45. The molecule has 0 atom stereocenters. The maximum absolute atomic E-state index is 12.5. The number of hydrogen-bond acceptors (Lipinski definition) is 4. The van der Waals surface area contributed by atoms with Crippen LogP contribution in [0.4, 0.5) is 5.69 Å². The number of anilines is 1. The highest BCUT2D eigenvalue weighted by atomic mass is 35.5. The molecule has 2 aromatic carbocycles. The minimum absolute atomic E-state index is 0.225. The predicted molar refractivity (Wildman–Crippen MR) is 114 cm³/mol. The van der Waals surface area contributed by atoms with Crippen molar-refractivity contribution in [3.63, 3.8) is 0 Å². The summed E-state index contributed by atoms with van der Waals surface area (Å²) in [5.41, 5.74) is 9.85. The van der Waals surface area contributed by atoms with E-state index in [0.29, 0.717) is 35.1 Å². The van der Waals surface area contributed by atoms with E-state index in [0.717, 1.165) is 16.7 Å². The fourth-order valence-electron chi connectivity index (χ4n) is 2.68. The Morgan fingerprint density at radius 3 is 2.31 bits per heavy atom. The second kappa shape index (κ2) is 9.32. The van der Waals surface area contributed by atoms with Crippen molar-refractivity contribution in [2.24, 2.45) is 5.73 Å². The number of nitrogens with two attached hydrogens (primary N) is 1. The fraction of sp³-hybridized carbons (Fsp3) is 0.136. The van der Waals surface area contributed by atoms with Crippen molar-refractivity contribution in [1.29, 1.82) is 0 Å². The lowest BCUT2D eigenvalue weighted by atomic mass is 10.1. The van der Waals surface area contributed by atoms with Crippen molar-refractivity contribution >= 4 is 29.1 Å². The Morgan fingerprint density at radius 2 is 1.66 bits per heavy atom. The van der Waals surface area contributed by atoms with E-state index in [1.54, 1.807) is 30.3 Å². The van der Waals surface area contributed by atoms with Crippen LogP contribution in [0.1, 0.15) is 37.4 Å². The van der Waals surface area contributed by atoms with E-state index in [2.05, 4.69) is 15.6 Å². The number of rotatable bonds is 6. The van der Waals surface area contributed by atoms with Crippen molar-refractivity contribution in [3.05, 3.63) is 93.8 Å². The largest absolute Gasteiger partial charge is 0.348 e. The van der Waals surface area contributed by atoms with Crippen LogP contribution in [0.5, 0.6) is 0 Å². The summed E-state index contributed by atoms with van der Waals surface area (Å²) in [4.78, 5) is 28.9. The lowest BCUT2D eigenvalue weighted by Gasteiger charge is -2.11. The molecule has 7 heteroatoms. The van der Waals surface area contributed by atoms with Gasteiger partial charge in [-0.3, -0.25) is 9.59 Å². The van der Waals surface area contributed by atoms with Crippen molar-refractivity contribution in [2.75, 3.05) is 5.32 Å². The molecule has 3 rings (SSSR count). The molecule has 0 unspecified atom stereocenters. The van der Waals surface area contributed by atoms with E-state index in [1.807, 2.05) is 31.2 Å². The van der Waals surface area contributed by atoms with Crippen LogP contribution in [0.2, 0.25) is 5.15 Å². The Labute approximate surface area is 174 Å². The average molecular weight is 409 g/mol. The molecule has 0 spiro atoms. The van der Waals surface area contributed by atoms with Gasteiger partial charge >= 0.3 is 0 Å². The highest BCUT2D eigenvalue weighted by Crippen LogP contribution is 2.18. The molecule has 0 aliphatic heterocycles. The number of aryl methyl sites for hydroxylation is 1. The first-order valence-corrected chi connectivity index (χ1v) is 9.43. The summed E-state index contributed by atoms with van der Waals surface area (Å²) in [5, 5.41) is 6.01. The van der Waals surface area contributed by atoms with Gasteiger partial charge in [-0.1, -0.05) is 41.9 Å². The van der Waals surface area contributed by atoms with Crippen LogP contribution in [0, 0.1) is 6.92 Å². The molecule has 0 aliphatic rings. The molecular formula is C22H21ClN4O2. The Balaban J connectivity index is 1.67. The Bertz CT molecular complexity index is 1020. The Morgan fingerprint density at radius 1 is 0.966 bits per heavy atom.